The molecular weight excluding hydrogens is 558 g/mol. The molecule has 9 aromatic rings. The Morgan fingerprint density at radius 3 is 2.00 bits per heavy atom. The van der Waals surface area contributed by atoms with Crippen molar-refractivity contribution in [2.75, 3.05) is 0 Å². The van der Waals surface area contributed by atoms with Crippen LogP contribution in [0.1, 0.15) is 25.0 Å². The predicted molar refractivity (Wildman–Crippen MR) is 192 cm³/mol. The molecule has 0 fully saturated rings. The van der Waals surface area contributed by atoms with E-state index in [2.05, 4.69) is 158 Å². The summed E-state index contributed by atoms with van der Waals surface area (Å²) in [5.41, 5.74) is 10.4. The van der Waals surface area contributed by atoms with Crippen LogP contribution in [0.3, 0.4) is 0 Å². The van der Waals surface area contributed by atoms with Crippen LogP contribution in [0, 0.1) is 0 Å². The molecule has 0 aliphatic heterocycles. The van der Waals surface area contributed by atoms with E-state index in [0.29, 0.717) is 5.95 Å². The van der Waals surface area contributed by atoms with Crippen molar-refractivity contribution in [2.45, 2.75) is 19.3 Å². The van der Waals surface area contributed by atoms with Crippen LogP contribution in [-0.4, -0.2) is 14.5 Å². The molecule has 0 spiro atoms. The van der Waals surface area contributed by atoms with Crippen LogP contribution in [-0.2, 0) is 5.41 Å². The molecule has 1 aliphatic carbocycles. The Balaban J connectivity index is 1.37. The molecule has 3 heteroatoms. The SMILES string of the molecule is CC1(C)c2ccccc2-c2cc3ccccc3c(-c3nc(-n4c5ccccc5c5cc6ccccc6cc54)nc4ccccc34)c21. The topological polar surface area (TPSA) is 30.7 Å². The number of rotatable bonds is 2. The number of para-hydroxylation sites is 2. The molecule has 0 saturated carbocycles. The van der Waals surface area contributed by atoms with E-state index >= 15 is 0 Å². The molecule has 0 amide bonds. The second kappa shape index (κ2) is 9.12. The van der Waals surface area contributed by atoms with E-state index in [9.17, 15) is 0 Å². The number of aromatic nitrogens is 3. The molecule has 7 aromatic carbocycles. The van der Waals surface area contributed by atoms with E-state index in [1.165, 1.54) is 60.1 Å². The molecule has 0 unspecified atom stereocenters. The summed E-state index contributed by atoms with van der Waals surface area (Å²) in [5.74, 6) is 0.685. The van der Waals surface area contributed by atoms with Gasteiger partial charge in [0.1, 0.15) is 0 Å². The zero-order chi connectivity index (χ0) is 30.6. The van der Waals surface area contributed by atoms with Gasteiger partial charge < -0.3 is 0 Å². The first-order valence-electron chi connectivity index (χ1n) is 15.9. The van der Waals surface area contributed by atoms with E-state index in [-0.39, 0.29) is 5.41 Å². The highest BCUT2D eigenvalue weighted by Crippen LogP contribution is 2.54. The van der Waals surface area contributed by atoms with Crippen molar-refractivity contribution < 1.29 is 0 Å². The summed E-state index contributed by atoms with van der Waals surface area (Å²) in [6, 6.07) is 50.3. The van der Waals surface area contributed by atoms with Crippen molar-refractivity contribution in [1.29, 1.82) is 0 Å². The Morgan fingerprint density at radius 1 is 0.500 bits per heavy atom. The van der Waals surface area contributed by atoms with Crippen LogP contribution in [0.2, 0.25) is 0 Å². The van der Waals surface area contributed by atoms with Crippen molar-refractivity contribution in [3.63, 3.8) is 0 Å². The molecule has 2 heterocycles. The monoisotopic (exact) mass is 587 g/mol. The molecule has 0 N–H and O–H groups in total. The highest BCUT2D eigenvalue weighted by atomic mass is 15.2. The third-order valence-electron chi connectivity index (χ3n) is 10.1. The lowest BCUT2D eigenvalue weighted by Gasteiger charge is -2.26. The van der Waals surface area contributed by atoms with Gasteiger partial charge in [-0.1, -0.05) is 123 Å². The first kappa shape index (κ1) is 25.5. The summed E-state index contributed by atoms with van der Waals surface area (Å²) in [5, 5.41) is 8.32. The van der Waals surface area contributed by atoms with Gasteiger partial charge in [0.2, 0.25) is 5.95 Å². The molecule has 46 heavy (non-hydrogen) atoms. The molecule has 0 radical (unpaired) electrons. The molecule has 2 aromatic heterocycles. The van der Waals surface area contributed by atoms with E-state index in [4.69, 9.17) is 9.97 Å². The third kappa shape index (κ3) is 3.37. The van der Waals surface area contributed by atoms with E-state index < -0.39 is 0 Å². The van der Waals surface area contributed by atoms with Gasteiger partial charge in [-0.3, -0.25) is 4.57 Å². The fourth-order valence-electron chi connectivity index (χ4n) is 8.08. The molecule has 3 nitrogen and oxygen atoms in total. The summed E-state index contributed by atoms with van der Waals surface area (Å²) in [6.07, 6.45) is 0. The quantitative estimate of drug-likeness (QED) is 0.201. The first-order valence-corrected chi connectivity index (χ1v) is 15.9. The van der Waals surface area contributed by atoms with E-state index in [0.717, 1.165) is 27.6 Å². The predicted octanol–water partition coefficient (Wildman–Crippen LogP) is 11.0. The average Bonchev–Trinajstić information content (AvgIpc) is 3.53. The minimum absolute atomic E-state index is 0.205. The van der Waals surface area contributed by atoms with Crippen LogP contribution < -0.4 is 0 Å². The molecule has 216 valence electrons. The van der Waals surface area contributed by atoms with Gasteiger partial charge in [0.05, 0.1) is 22.2 Å². The summed E-state index contributed by atoms with van der Waals surface area (Å²) in [7, 11) is 0. The number of nitrogens with zero attached hydrogens (tertiary/aromatic N) is 3. The molecular formula is C43H29N3. The zero-order valence-electron chi connectivity index (χ0n) is 25.6. The standard InChI is InChI=1S/C43H29N3/c1-43(2)35-20-10-7-17-30(35)34-24-28-15-5-6-16-29(28)39(40(34)43)41-32-19-8-11-21-36(32)44-42(45-41)46-37-22-12-9-18-31(37)33-23-26-13-3-4-14-27(26)25-38(33)46/h3-25H,1-2H3. The van der Waals surface area contributed by atoms with Crippen molar-refractivity contribution in [1.82, 2.24) is 14.5 Å². The van der Waals surface area contributed by atoms with Gasteiger partial charge in [-0.05, 0) is 74.1 Å². The van der Waals surface area contributed by atoms with Crippen molar-refractivity contribution in [3.8, 4) is 28.3 Å². The van der Waals surface area contributed by atoms with Crippen molar-refractivity contribution in [2.24, 2.45) is 0 Å². The van der Waals surface area contributed by atoms with Gasteiger partial charge in [-0.15, -0.1) is 0 Å². The molecule has 10 rings (SSSR count). The largest absolute Gasteiger partial charge is 0.278 e. The Labute approximate surface area is 266 Å². The molecule has 0 saturated heterocycles. The lowest BCUT2D eigenvalue weighted by Crippen LogP contribution is -2.17. The number of fused-ring (bicyclic) bond motifs is 9. The maximum absolute atomic E-state index is 5.60. The van der Waals surface area contributed by atoms with E-state index in [1.54, 1.807) is 0 Å². The Morgan fingerprint density at radius 2 is 1.15 bits per heavy atom. The second-order valence-electron chi connectivity index (χ2n) is 13.0. The second-order valence-corrected chi connectivity index (χ2v) is 13.0. The van der Waals surface area contributed by atoms with Gasteiger partial charge in [0.25, 0.3) is 0 Å². The summed E-state index contributed by atoms with van der Waals surface area (Å²) < 4.78 is 2.26. The number of hydrogen-bond acceptors (Lipinski definition) is 2. The maximum atomic E-state index is 5.60. The molecule has 1 aliphatic rings. The number of benzene rings is 7. The summed E-state index contributed by atoms with van der Waals surface area (Å²) in [6.45, 7) is 4.72. The van der Waals surface area contributed by atoms with E-state index in [1.807, 2.05) is 0 Å². The Hall–Kier alpha value is -5.80. The van der Waals surface area contributed by atoms with Crippen LogP contribution in [0.15, 0.2) is 140 Å². The third-order valence-corrected chi connectivity index (χ3v) is 10.1. The zero-order valence-corrected chi connectivity index (χ0v) is 25.6. The summed E-state index contributed by atoms with van der Waals surface area (Å²) >= 11 is 0. The fourth-order valence-corrected chi connectivity index (χ4v) is 8.08. The van der Waals surface area contributed by atoms with Gasteiger partial charge in [-0.25, -0.2) is 9.97 Å². The minimum Gasteiger partial charge on any atom is -0.278 e. The number of hydrogen-bond donors (Lipinski definition) is 0. The lowest BCUT2D eigenvalue weighted by atomic mass is 9.78. The van der Waals surface area contributed by atoms with Crippen molar-refractivity contribution in [3.05, 3.63) is 151 Å². The van der Waals surface area contributed by atoms with Gasteiger partial charge in [0, 0.05) is 27.1 Å². The van der Waals surface area contributed by atoms with Gasteiger partial charge in [0.15, 0.2) is 0 Å². The average molecular weight is 588 g/mol. The van der Waals surface area contributed by atoms with Crippen LogP contribution in [0.4, 0.5) is 0 Å². The van der Waals surface area contributed by atoms with Crippen LogP contribution in [0.5, 0.6) is 0 Å². The normalized spacial score (nSPS) is 13.6. The van der Waals surface area contributed by atoms with Crippen LogP contribution >= 0.6 is 0 Å². The first-order chi connectivity index (χ1) is 22.6. The lowest BCUT2D eigenvalue weighted by molar-refractivity contribution is 0.662. The van der Waals surface area contributed by atoms with Crippen LogP contribution in [0.25, 0.3) is 82.6 Å². The summed E-state index contributed by atoms with van der Waals surface area (Å²) in [4.78, 5) is 10.9. The maximum Gasteiger partial charge on any atom is 0.235 e. The highest BCUT2D eigenvalue weighted by molar-refractivity contribution is 6.14. The highest BCUT2D eigenvalue weighted by Gasteiger charge is 2.39. The fraction of sp³-hybridized carbons (Fsp3) is 0.0698. The molecule has 0 bridgehead atoms. The van der Waals surface area contributed by atoms with Crippen molar-refractivity contribution >= 4 is 54.3 Å². The Bertz CT molecular complexity index is 2730. The van der Waals surface area contributed by atoms with Gasteiger partial charge >= 0.3 is 0 Å². The molecule has 0 atom stereocenters. The smallest absolute Gasteiger partial charge is 0.235 e. The minimum atomic E-state index is -0.205. The van der Waals surface area contributed by atoms with Gasteiger partial charge in [-0.2, -0.15) is 0 Å². The Kier molecular flexibility index (Phi) is 5.06.